The molecule has 0 radical (unpaired) electrons. The van der Waals surface area contributed by atoms with Crippen LogP contribution in [-0.2, 0) is 0 Å². The number of halogens is 3. The molecular weight excluding hydrogens is 244 g/mol. The van der Waals surface area contributed by atoms with Gasteiger partial charge in [0.25, 0.3) is 0 Å². The Hall–Kier alpha value is -1.59. The van der Waals surface area contributed by atoms with Crippen LogP contribution in [0.3, 0.4) is 0 Å². The lowest BCUT2D eigenvalue weighted by Gasteiger charge is -2.20. The summed E-state index contributed by atoms with van der Waals surface area (Å²) >= 11 is 0. The zero-order valence-corrected chi connectivity index (χ0v) is 10.2. The Morgan fingerprint density at radius 1 is 1.33 bits per heavy atom. The van der Waals surface area contributed by atoms with E-state index in [0.29, 0.717) is 12.8 Å². The second kappa shape index (κ2) is 6.38. The summed E-state index contributed by atoms with van der Waals surface area (Å²) in [6.07, 6.45) is 3.05. The predicted molar refractivity (Wildman–Crippen MR) is 66.6 cm³/mol. The van der Waals surface area contributed by atoms with Crippen molar-refractivity contribution in [1.29, 1.82) is 0 Å². The van der Waals surface area contributed by atoms with Crippen molar-refractivity contribution in [2.24, 2.45) is 0 Å². The number of allylic oxidation sites excluding steroid dienone is 1. The van der Waals surface area contributed by atoms with E-state index >= 15 is 0 Å². The van der Waals surface area contributed by atoms with E-state index in [9.17, 15) is 12.9 Å². The topological polar surface area (TPSA) is 18.5 Å². The number of rotatable bonds is 7. The highest BCUT2D eigenvalue weighted by Crippen LogP contribution is 2.22. The molecule has 100 valence electrons. The lowest BCUT2D eigenvalue weighted by Crippen LogP contribution is -2.35. The monoisotopic (exact) mass is 259 g/mol. The normalized spacial score (nSPS) is 11.1. The highest BCUT2D eigenvalue weighted by molar-refractivity contribution is 6.74. The third-order valence-electron chi connectivity index (χ3n) is 2.38. The maximum absolute atomic E-state index is 12.9. The predicted octanol–water partition coefficient (Wildman–Crippen LogP) is 3.09. The summed E-state index contributed by atoms with van der Waals surface area (Å²) in [6, 6.07) is 3.70. The van der Waals surface area contributed by atoms with Crippen molar-refractivity contribution in [3.05, 3.63) is 30.9 Å². The molecule has 2 nitrogen and oxygen atoms in total. The molecule has 0 heterocycles. The Morgan fingerprint density at radius 2 is 2.06 bits per heavy atom. The van der Waals surface area contributed by atoms with Crippen molar-refractivity contribution in [2.75, 3.05) is 13.7 Å². The van der Waals surface area contributed by atoms with Gasteiger partial charge in [0.15, 0.2) is 0 Å². The van der Waals surface area contributed by atoms with Crippen LogP contribution in [0.25, 0.3) is 0 Å². The molecule has 1 aromatic rings. The SMILES string of the molecule is C=CCCCOc1ccc(OC)cc1[B-](F)(F)F. The molecule has 18 heavy (non-hydrogen) atoms. The van der Waals surface area contributed by atoms with E-state index in [1.165, 1.54) is 19.2 Å². The summed E-state index contributed by atoms with van der Waals surface area (Å²) in [4.78, 5) is 0. The van der Waals surface area contributed by atoms with Crippen LogP contribution >= 0.6 is 0 Å². The molecule has 1 rings (SSSR count). The summed E-state index contributed by atoms with van der Waals surface area (Å²) in [7, 11) is 1.33. The Morgan fingerprint density at radius 3 is 2.61 bits per heavy atom. The van der Waals surface area contributed by atoms with Gasteiger partial charge < -0.3 is 22.4 Å². The van der Waals surface area contributed by atoms with Gasteiger partial charge in [0.2, 0.25) is 0 Å². The first kappa shape index (κ1) is 14.5. The van der Waals surface area contributed by atoms with Crippen LogP contribution in [0.1, 0.15) is 12.8 Å². The molecule has 0 bridgehead atoms. The average Bonchev–Trinajstić information content (AvgIpc) is 2.33. The molecule has 0 spiro atoms. The minimum Gasteiger partial charge on any atom is -0.497 e. The zero-order chi connectivity index (χ0) is 13.6. The molecular formula is C12H15BF3O2-. The quantitative estimate of drug-likeness (QED) is 0.425. The molecule has 0 aliphatic rings. The Balaban J connectivity index is 2.85. The molecule has 0 amide bonds. The summed E-state index contributed by atoms with van der Waals surface area (Å²) in [5.41, 5.74) is -0.757. The summed E-state index contributed by atoms with van der Waals surface area (Å²) in [5, 5.41) is 0. The number of hydrogen-bond donors (Lipinski definition) is 0. The van der Waals surface area contributed by atoms with E-state index in [-0.39, 0.29) is 18.1 Å². The van der Waals surface area contributed by atoms with E-state index in [1.54, 1.807) is 6.08 Å². The number of benzene rings is 1. The van der Waals surface area contributed by atoms with Crippen LogP contribution in [0.4, 0.5) is 12.9 Å². The fourth-order valence-electron chi connectivity index (χ4n) is 1.45. The van der Waals surface area contributed by atoms with Gasteiger partial charge in [0.1, 0.15) is 5.75 Å². The highest BCUT2D eigenvalue weighted by Gasteiger charge is 2.29. The maximum Gasteiger partial charge on any atom is 0.513 e. The van der Waals surface area contributed by atoms with Crippen molar-refractivity contribution in [3.8, 4) is 11.5 Å². The van der Waals surface area contributed by atoms with Gasteiger partial charge in [-0.05, 0) is 31.0 Å². The number of hydrogen-bond acceptors (Lipinski definition) is 2. The molecule has 0 atom stereocenters. The molecule has 0 saturated heterocycles. The van der Waals surface area contributed by atoms with Crippen LogP contribution in [0.2, 0.25) is 0 Å². The van der Waals surface area contributed by atoms with Gasteiger partial charge in [-0.15, -0.1) is 6.58 Å². The van der Waals surface area contributed by atoms with Crippen LogP contribution in [0.5, 0.6) is 11.5 Å². The largest absolute Gasteiger partial charge is 0.513 e. The van der Waals surface area contributed by atoms with Gasteiger partial charge in [-0.25, -0.2) is 0 Å². The van der Waals surface area contributed by atoms with Gasteiger partial charge in [0.05, 0.1) is 19.5 Å². The minimum atomic E-state index is -5.11. The average molecular weight is 259 g/mol. The first-order valence-electron chi connectivity index (χ1n) is 5.60. The molecule has 6 heteroatoms. The fraction of sp³-hybridized carbons (Fsp3) is 0.333. The fourth-order valence-corrected chi connectivity index (χ4v) is 1.45. The molecule has 0 aliphatic carbocycles. The Kier molecular flexibility index (Phi) is 5.13. The van der Waals surface area contributed by atoms with E-state index in [0.717, 1.165) is 6.07 Å². The third kappa shape index (κ3) is 4.02. The Labute approximate surface area is 104 Å². The minimum absolute atomic E-state index is 0.146. The second-order valence-corrected chi connectivity index (χ2v) is 3.76. The van der Waals surface area contributed by atoms with Gasteiger partial charge in [-0.3, -0.25) is 0 Å². The number of ether oxygens (including phenoxy) is 2. The lowest BCUT2D eigenvalue weighted by molar-refractivity contribution is 0.312. The van der Waals surface area contributed by atoms with E-state index in [4.69, 9.17) is 9.47 Å². The van der Waals surface area contributed by atoms with Gasteiger partial charge in [-0.1, -0.05) is 11.5 Å². The maximum atomic E-state index is 12.9. The molecule has 0 N–H and O–H groups in total. The number of methoxy groups -OCH3 is 1. The second-order valence-electron chi connectivity index (χ2n) is 3.76. The standard InChI is InChI=1S/C12H15BF3O2/c1-3-4-5-8-18-12-7-6-10(17-2)9-11(12)13(14,15)16/h3,6-7,9H,1,4-5,8H2,2H3/q-1. The number of unbranched alkanes of at least 4 members (excludes halogenated alkanes) is 1. The van der Waals surface area contributed by atoms with Crippen LogP contribution < -0.4 is 14.9 Å². The zero-order valence-electron chi connectivity index (χ0n) is 10.2. The Bertz CT molecular complexity index is 405. The van der Waals surface area contributed by atoms with Crippen molar-refractivity contribution in [1.82, 2.24) is 0 Å². The van der Waals surface area contributed by atoms with E-state index in [1.807, 2.05) is 0 Å². The van der Waals surface area contributed by atoms with Crippen LogP contribution in [-0.4, -0.2) is 20.7 Å². The molecule has 0 aliphatic heterocycles. The smallest absolute Gasteiger partial charge is 0.497 e. The molecule has 0 aromatic heterocycles. The van der Waals surface area contributed by atoms with Crippen LogP contribution in [0, 0.1) is 0 Å². The molecule has 0 fully saturated rings. The first-order chi connectivity index (χ1) is 8.49. The first-order valence-corrected chi connectivity index (χ1v) is 5.60. The summed E-state index contributed by atoms with van der Waals surface area (Å²) in [6.45, 7) is -1.35. The lowest BCUT2D eigenvalue weighted by atomic mass is 9.79. The summed E-state index contributed by atoms with van der Waals surface area (Å²) < 4.78 is 48.5. The van der Waals surface area contributed by atoms with Crippen molar-refractivity contribution in [3.63, 3.8) is 0 Å². The van der Waals surface area contributed by atoms with E-state index < -0.39 is 12.4 Å². The van der Waals surface area contributed by atoms with Crippen molar-refractivity contribution >= 4 is 12.4 Å². The summed E-state index contributed by atoms with van der Waals surface area (Å²) in [5.74, 6) is 0.0232. The van der Waals surface area contributed by atoms with Gasteiger partial charge >= 0.3 is 6.98 Å². The third-order valence-corrected chi connectivity index (χ3v) is 2.38. The molecule has 1 aromatic carbocycles. The van der Waals surface area contributed by atoms with Gasteiger partial charge in [-0.2, -0.15) is 0 Å². The van der Waals surface area contributed by atoms with Crippen LogP contribution in [0.15, 0.2) is 30.9 Å². The van der Waals surface area contributed by atoms with E-state index in [2.05, 4.69) is 6.58 Å². The van der Waals surface area contributed by atoms with Crippen molar-refractivity contribution in [2.45, 2.75) is 12.8 Å². The van der Waals surface area contributed by atoms with Gasteiger partial charge in [0, 0.05) is 0 Å². The highest BCUT2D eigenvalue weighted by atomic mass is 19.4. The van der Waals surface area contributed by atoms with Crippen molar-refractivity contribution < 1.29 is 22.4 Å². The molecule has 0 unspecified atom stereocenters. The molecule has 0 saturated carbocycles.